The second kappa shape index (κ2) is 6.28. The molecule has 1 atom stereocenters. The smallest absolute Gasteiger partial charge is 0.396 e. The van der Waals surface area contributed by atoms with Crippen molar-refractivity contribution in [2.24, 2.45) is 0 Å². The van der Waals surface area contributed by atoms with Gasteiger partial charge in [0.1, 0.15) is 11.6 Å². The first-order chi connectivity index (χ1) is 11.3. The van der Waals surface area contributed by atoms with Crippen molar-refractivity contribution in [2.75, 3.05) is 5.73 Å². The second-order valence-electron chi connectivity index (χ2n) is 4.81. The summed E-state index contributed by atoms with van der Waals surface area (Å²) < 4.78 is 116. The lowest BCUT2D eigenvalue weighted by Gasteiger charge is -2.14. The summed E-state index contributed by atoms with van der Waals surface area (Å²) in [5.74, 6) is -2.55. The van der Waals surface area contributed by atoms with E-state index in [0.717, 1.165) is 0 Å². The molecule has 136 valence electrons. The molecule has 0 fully saturated rings. The van der Waals surface area contributed by atoms with E-state index in [1.807, 2.05) is 0 Å². The number of halogens is 8. The van der Waals surface area contributed by atoms with Gasteiger partial charge in [0.2, 0.25) is 0 Å². The zero-order valence-electron chi connectivity index (χ0n) is 11.8. The number of nitrogen functional groups attached to an aromatic ring is 1. The first-order valence-electron chi connectivity index (χ1n) is 6.26. The molecule has 0 aliphatic heterocycles. The minimum atomic E-state index is -5.16. The summed E-state index contributed by atoms with van der Waals surface area (Å²) in [6, 6.07) is 0.980. The van der Waals surface area contributed by atoms with Gasteiger partial charge in [0, 0.05) is 11.0 Å². The third-order valence-corrected chi connectivity index (χ3v) is 4.40. The van der Waals surface area contributed by atoms with E-state index in [2.05, 4.69) is 0 Å². The first kappa shape index (κ1) is 19.2. The molecule has 25 heavy (non-hydrogen) atoms. The summed E-state index contributed by atoms with van der Waals surface area (Å²) in [7, 11) is -2.84. The fourth-order valence-corrected chi connectivity index (χ4v) is 3.01. The van der Waals surface area contributed by atoms with E-state index in [-0.39, 0.29) is 18.2 Å². The van der Waals surface area contributed by atoms with Gasteiger partial charge < -0.3 is 5.73 Å². The van der Waals surface area contributed by atoms with Crippen LogP contribution in [0.1, 0.15) is 11.1 Å². The Kier molecular flexibility index (Phi) is 4.81. The highest BCUT2D eigenvalue weighted by Crippen LogP contribution is 2.38. The van der Waals surface area contributed by atoms with Crippen LogP contribution in [0.4, 0.5) is 40.8 Å². The Balaban J connectivity index is 2.66. The minimum absolute atomic E-state index is 0.166. The number of alkyl halides is 6. The molecule has 11 heteroatoms. The van der Waals surface area contributed by atoms with Crippen molar-refractivity contribution in [3.8, 4) is 0 Å². The van der Waals surface area contributed by atoms with E-state index < -0.39 is 61.4 Å². The van der Waals surface area contributed by atoms with Crippen LogP contribution in [0, 0.1) is 11.6 Å². The normalized spacial score (nSPS) is 13.8. The highest BCUT2D eigenvalue weighted by molar-refractivity contribution is 7.85. The van der Waals surface area contributed by atoms with E-state index in [4.69, 9.17) is 5.73 Å². The van der Waals surface area contributed by atoms with Crippen molar-refractivity contribution < 1.29 is 39.3 Å². The standard InChI is InChI=1S/C14H7F8NOS/c15-9-5-12(10(16)4-11(9)23)25(24)8-2-6(13(17,18)19)1-7(3-8)14(20,21)22/h1-5H,23H2. The maximum absolute atomic E-state index is 13.8. The van der Waals surface area contributed by atoms with E-state index in [0.29, 0.717) is 12.1 Å². The molecule has 0 heterocycles. The van der Waals surface area contributed by atoms with Gasteiger partial charge in [-0.3, -0.25) is 0 Å². The van der Waals surface area contributed by atoms with Crippen LogP contribution in [0.2, 0.25) is 0 Å². The molecule has 0 radical (unpaired) electrons. The molecule has 0 bridgehead atoms. The number of hydrogen-bond acceptors (Lipinski definition) is 2. The van der Waals surface area contributed by atoms with Gasteiger partial charge in [-0.05, 0) is 24.3 Å². The van der Waals surface area contributed by atoms with Crippen LogP contribution >= 0.6 is 0 Å². The molecule has 0 spiro atoms. The first-order valence-corrected chi connectivity index (χ1v) is 7.41. The minimum Gasteiger partial charge on any atom is -0.396 e. The Morgan fingerprint density at radius 3 is 1.68 bits per heavy atom. The quantitative estimate of drug-likeness (QED) is 0.595. The maximum Gasteiger partial charge on any atom is 0.416 e. The van der Waals surface area contributed by atoms with Gasteiger partial charge in [-0.15, -0.1) is 0 Å². The topological polar surface area (TPSA) is 43.1 Å². The lowest BCUT2D eigenvalue weighted by Crippen LogP contribution is -2.12. The van der Waals surface area contributed by atoms with Gasteiger partial charge >= 0.3 is 12.4 Å². The Bertz CT molecular complexity index is 812. The van der Waals surface area contributed by atoms with Crippen molar-refractivity contribution in [2.45, 2.75) is 22.1 Å². The monoisotopic (exact) mass is 389 g/mol. The number of nitrogens with two attached hydrogens (primary N) is 1. The molecule has 0 aliphatic carbocycles. The average Bonchev–Trinajstić information content (AvgIpc) is 2.48. The third-order valence-electron chi connectivity index (χ3n) is 3.03. The van der Waals surface area contributed by atoms with E-state index in [1.54, 1.807) is 0 Å². The summed E-state index contributed by atoms with van der Waals surface area (Å²) in [5, 5.41) is 0. The highest BCUT2D eigenvalue weighted by atomic mass is 32.2. The fraction of sp³-hybridized carbons (Fsp3) is 0.143. The van der Waals surface area contributed by atoms with Gasteiger partial charge in [0.15, 0.2) is 0 Å². The predicted octanol–water partition coefficient (Wildman–Crippen LogP) is 4.75. The average molecular weight is 389 g/mol. The maximum atomic E-state index is 13.8. The van der Waals surface area contributed by atoms with Crippen molar-refractivity contribution >= 4 is 16.5 Å². The van der Waals surface area contributed by atoms with Crippen molar-refractivity contribution in [1.82, 2.24) is 0 Å². The van der Waals surface area contributed by atoms with E-state index in [1.165, 1.54) is 0 Å². The molecule has 0 amide bonds. The van der Waals surface area contributed by atoms with E-state index in [9.17, 15) is 39.3 Å². The summed E-state index contributed by atoms with van der Waals surface area (Å²) in [6.45, 7) is 0. The molecule has 0 saturated carbocycles. The van der Waals surface area contributed by atoms with Crippen LogP contribution in [-0.2, 0) is 23.2 Å². The molecule has 0 aromatic heterocycles. The fourth-order valence-electron chi connectivity index (χ4n) is 1.85. The largest absolute Gasteiger partial charge is 0.416 e. The van der Waals surface area contributed by atoms with Crippen LogP contribution in [-0.4, -0.2) is 4.21 Å². The molecule has 2 rings (SSSR count). The third kappa shape index (κ3) is 4.09. The highest BCUT2D eigenvalue weighted by Gasteiger charge is 2.37. The summed E-state index contributed by atoms with van der Waals surface area (Å²) >= 11 is 0. The van der Waals surface area contributed by atoms with Crippen LogP contribution in [0.3, 0.4) is 0 Å². The summed E-state index contributed by atoms with van der Waals surface area (Å²) in [5.41, 5.74) is 0.984. The molecule has 0 aliphatic rings. The molecular weight excluding hydrogens is 382 g/mol. The molecule has 2 N–H and O–H groups in total. The summed E-state index contributed by atoms with van der Waals surface area (Å²) in [6.07, 6.45) is -10.3. The van der Waals surface area contributed by atoms with Crippen LogP contribution < -0.4 is 5.73 Å². The van der Waals surface area contributed by atoms with Crippen LogP contribution in [0.5, 0.6) is 0 Å². The lowest BCUT2D eigenvalue weighted by molar-refractivity contribution is -0.143. The molecule has 2 aromatic carbocycles. The SMILES string of the molecule is Nc1cc(F)c(S(=O)c2cc(C(F)(F)F)cc(C(F)(F)F)c2)cc1F. The van der Waals surface area contributed by atoms with Crippen molar-refractivity contribution in [1.29, 1.82) is 0 Å². The Morgan fingerprint density at radius 1 is 0.760 bits per heavy atom. The molecule has 1 unspecified atom stereocenters. The number of hydrogen-bond donors (Lipinski definition) is 1. The van der Waals surface area contributed by atoms with Gasteiger partial charge in [-0.1, -0.05) is 0 Å². The Labute approximate surface area is 137 Å². The number of anilines is 1. The Hall–Kier alpha value is -2.17. The number of rotatable bonds is 2. The van der Waals surface area contributed by atoms with Gasteiger partial charge in [-0.2, -0.15) is 26.3 Å². The van der Waals surface area contributed by atoms with E-state index >= 15 is 0 Å². The zero-order valence-corrected chi connectivity index (χ0v) is 12.6. The molecule has 2 aromatic rings. The Morgan fingerprint density at radius 2 is 1.24 bits per heavy atom. The molecular formula is C14H7F8NOS. The number of benzene rings is 2. The molecule has 2 nitrogen and oxygen atoms in total. The van der Waals surface area contributed by atoms with Crippen molar-refractivity contribution in [3.63, 3.8) is 0 Å². The van der Waals surface area contributed by atoms with Gasteiger partial charge in [-0.25, -0.2) is 13.0 Å². The second-order valence-corrected chi connectivity index (χ2v) is 6.26. The van der Waals surface area contributed by atoms with Crippen LogP contribution in [0.15, 0.2) is 40.1 Å². The molecule has 0 saturated heterocycles. The van der Waals surface area contributed by atoms with Crippen molar-refractivity contribution in [3.05, 3.63) is 53.1 Å². The zero-order chi connectivity index (χ0) is 19.2. The van der Waals surface area contributed by atoms with Gasteiger partial charge in [0.25, 0.3) is 0 Å². The summed E-state index contributed by atoms with van der Waals surface area (Å²) in [4.78, 5) is -1.91. The lowest BCUT2D eigenvalue weighted by atomic mass is 10.1. The predicted molar refractivity (Wildman–Crippen MR) is 71.9 cm³/mol. The van der Waals surface area contributed by atoms with Crippen LogP contribution in [0.25, 0.3) is 0 Å². The van der Waals surface area contributed by atoms with Gasteiger partial charge in [0.05, 0.1) is 32.5 Å².